The van der Waals surface area contributed by atoms with Gasteiger partial charge in [0.15, 0.2) is 0 Å². The number of aromatic nitrogens is 1. The smallest absolute Gasteiger partial charge is 0.223 e. The number of rotatable bonds is 4. The zero-order valence-electron chi connectivity index (χ0n) is 11.5. The molecule has 1 aromatic heterocycles. The van der Waals surface area contributed by atoms with Crippen LogP contribution in [0.2, 0.25) is 0 Å². The van der Waals surface area contributed by atoms with Gasteiger partial charge in [-0.3, -0.25) is 9.69 Å². The topological polar surface area (TPSA) is 36.4 Å². The van der Waals surface area contributed by atoms with Gasteiger partial charge in [0.1, 0.15) is 5.01 Å². The van der Waals surface area contributed by atoms with Gasteiger partial charge in [0.05, 0.1) is 12.2 Å². The van der Waals surface area contributed by atoms with Crippen LogP contribution >= 0.6 is 22.9 Å². The number of halogens is 1. The number of piperazine rings is 1. The average molecular weight is 302 g/mol. The summed E-state index contributed by atoms with van der Waals surface area (Å²) < 4.78 is 0. The molecule has 106 valence electrons. The molecule has 0 unspecified atom stereocenters. The van der Waals surface area contributed by atoms with E-state index in [1.807, 2.05) is 4.90 Å². The number of nitrogens with zero attached hydrogens (tertiary/aromatic N) is 3. The van der Waals surface area contributed by atoms with Crippen molar-refractivity contribution < 1.29 is 4.79 Å². The Morgan fingerprint density at radius 1 is 1.32 bits per heavy atom. The Hall–Kier alpha value is -0.650. The van der Waals surface area contributed by atoms with Crippen molar-refractivity contribution in [2.24, 2.45) is 0 Å². The number of thiazole rings is 1. The van der Waals surface area contributed by atoms with Gasteiger partial charge in [0, 0.05) is 43.4 Å². The van der Waals surface area contributed by atoms with Gasteiger partial charge in [-0.15, -0.1) is 22.9 Å². The number of carbonyl (C=O) groups excluding carboxylic acids is 1. The van der Waals surface area contributed by atoms with Crippen LogP contribution in [0.1, 0.15) is 22.0 Å². The maximum atomic E-state index is 11.7. The summed E-state index contributed by atoms with van der Waals surface area (Å²) in [5.74, 6) is 0.590. The Kier molecular flexibility index (Phi) is 5.19. The predicted molar refractivity (Wildman–Crippen MR) is 78.8 cm³/mol. The third-order valence-corrected chi connectivity index (χ3v) is 4.71. The molecule has 0 N–H and O–H groups in total. The third kappa shape index (κ3) is 3.91. The second-order valence-electron chi connectivity index (χ2n) is 4.85. The van der Waals surface area contributed by atoms with Gasteiger partial charge < -0.3 is 4.90 Å². The van der Waals surface area contributed by atoms with E-state index in [1.165, 1.54) is 9.88 Å². The number of alkyl halides is 1. The lowest BCUT2D eigenvalue weighted by atomic mass is 10.3. The lowest BCUT2D eigenvalue weighted by Crippen LogP contribution is -2.48. The number of hydrogen-bond acceptors (Lipinski definition) is 4. The molecule has 0 aliphatic carbocycles. The molecule has 1 aliphatic heterocycles. The maximum absolute atomic E-state index is 11.7. The molecule has 0 radical (unpaired) electrons. The molecule has 1 fully saturated rings. The molecule has 1 saturated heterocycles. The Bertz CT molecular complexity index is 422. The highest BCUT2D eigenvalue weighted by atomic mass is 35.5. The Morgan fingerprint density at radius 2 is 2.00 bits per heavy atom. The SMILES string of the molecule is Cc1nc(CN2CCN(C(=O)CCCl)CC2)sc1C. The summed E-state index contributed by atoms with van der Waals surface area (Å²) in [5, 5.41) is 1.18. The number of amides is 1. The van der Waals surface area contributed by atoms with E-state index in [4.69, 9.17) is 11.6 Å². The molecule has 1 aromatic rings. The predicted octanol–water partition coefficient (Wildman–Crippen LogP) is 2.03. The van der Waals surface area contributed by atoms with E-state index in [0.29, 0.717) is 12.3 Å². The first-order chi connectivity index (χ1) is 9.10. The Morgan fingerprint density at radius 3 is 2.53 bits per heavy atom. The van der Waals surface area contributed by atoms with Crippen LogP contribution in [0.3, 0.4) is 0 Å². The highest BCUT2D eigenvalue weighted by molar-refractivity contribution is 7.11. The second-order valence-corrected chi connectivity index (χ2v) is 6.51. The molecule has 2 rings (SSSR count). The van der Waals surface area contributed by atoms with Crippen LogP contribution in [0.5, 0.6) is 0 Å². The maximum Gasteiger partial charge on any atom is 0.223 e. The minimum Gasteiger partial charge on any atom is -0.340 e. The quantitative estimate of drug-likeness (QED) is 0.799. The molecule has 1 aliphatic rings. The fourth-order valence-electron chi connectivity index (χ4n) is 2.19. The van der Waals surface area contributed by atoms with Gasteiger partial charge in [0.2, 0.25) is 5.91 Å². The summed E-state index contributed by atoms with van der Waals surface area (Å²) in [5.41, 5.74) is 1.14. The summed E-state index contributed by atoms with van der Waals surface area (Å²) in [6, 6.07) is 0. The normalized spacial score (nSPS) is 16.9. The molecule has 1 amide bonds. The molecule has 0 spiro atoms. The molecule has 0 aromatic carbocycles. The van der Waals surface area contributed by atoms with Crippen molar-refractivity contribution >= 4 is 28.8 Å². The minimum absolute atomic E-state index is 0.176. The lowest BCUT2D eigenvalue weighted by molar-refractivity contribution is -0.132. The largest absolute Gasteiger partial charge is 0.340 e. The van der Waals surface area contributed by atoms with Gasteiger partial charge >= 0.3 is 0 Å². The molecule has 19 heavy (non-hydrogen) atoms. The fourth-order valence-corrected chi connectivity index (χ4v) is 3.33. The monoisotopic (exact) mass is 301 g/mol. The first-order valence-corrected chi connectivity index (χ1v) is 7.94. The molecule has 4 nitrogen and oxygen atoms in total. The Labute approximate surface area is 123 Å². The summed E-state index contributed by atoms with van der Waals surface area (Å²) in [6.45, 7) is 8.52. The van der Waals surface area contributed by atoms with Crippen molar-refractivity contribution in [1.29, 1.82) is 0 Å². The van der Waals surface area contributed by atoms with Crippen molar-refractivity contribution in [3.8, 4) is 0 Å². The van der Waals surface area contributed by atoms with Crippen molar-refractivity contribution in [2.45, 2.75) is 26.8 Å². The van der Waals surface area contributed by atoms with Crippen LogP contribution < -0.4 is 0 Å². The highest BCUT2D eigenvalue weighted by Crippen LogP contribution is 2.18. The van der Waals surface area contributed by atoms with Gasteiger partial charge in [0.25, 0.3) is 0 Å². The Balaban J connectivity index is 1.82. The number of aryl methyl sites for hydroxylation is 2. The molecule has 0 bridgehead atoms. The first-order valence-electron chi connectivity index (χ1n) is 6.59. The number of carbonyl (C=O) groups is 1. The lowest BCUT2D eigenvalue weighted by Gasteiger charge is -2.34. The van der Waals surface area contributed by atoms with E-state index < -0.39 is 0 Å². The van der Waals surface area contributed by atoms with E-state index in [-0.39, 0.29) is 5.91 Å². The van der Waals surface area contributed by atoms with E-state index in [9.17, 15) is 4.79 Å². The van der Waals surface area contributed by atoms with E-state index in [2.05, 4.69) is 23.7 Å². The van der Waals surface area contributed by atoms with Crippen LogP contribution in [-0.2, 0) is 11.3 Å². The summed E-state index contributed by atoms with van der Waals surface area (Å²) in [7, 11) is 0. The van der Waals surface area contributed by atoms with Crippen LogP contribution in [0.25, 0.3) is 0 Å². The van der Waals surface area contributed by atoms with Crippen molar-refractivity contribution in [3.05, 3.63) is 15.6 Å². The van der Waals surface area contributed by atoms with E-state index >= 15 is 0 Å². The van der Waals surface area contributed by atoms with Gasteiger partial charge in [-0.2, -0.15) is 0 Å². The van der Waals surface area contributed by atoms with Crippen molar-refractivity contribution in [3.63, 3.8) is 0 Å². The van der Waals surface area contributed by atoms with Crippen molar-refractivity contribution in [2.75, 3.05) is 32.1 Å². The van der Waals surface area contributed by atoms with E-state index in [1.54, 1.807) is 11.3 Å². The standard InChI is InChI=1S/C13H20ClN3OS/c1-10-11(2)19-12(15-10)9-16-5-7-17(8-6-16)13(18)3-4-14/h3-9H2,1-2H3. The van der Waals surface area contributed by atoms with Gasteiger partial charge in [-0.1, -0.05) is 0 Å². The van der Waals surface area contributed by atoms with Gasteiger partial charge in [-0.05, 0) is 13.8 Å². The molecular formula is C13H20ClN3OS. The molecular weight excluding hydrogens is 282 g/mol. The summed E-state index contributed by atoms with van der Waals surface area (Å²) in [6.07, 6.45) is 0.451. The minimum atomic E-state index is 0.176. The molecule has 2 heterocycles. The van der Waals surface area contributed by atoms with Crippen LogP contribution in [0, 0.1) is 13.8 Å². The molecule has 0 saturated carbocycles. The molecule has 6 heteroatoms. The zero-order chi connectivity index (χ0) is 13.8. The zero-order valence-corrected chi connectivity index (χ0v) is 13.1. The molecule has 0 atom stereocenters. The van der Waals surface area contributed by atoms with Crippen LogP contribution in [0.15, 0.2) is 0 Å². The summed E-state index contributed by atoms with van der Waals surface area (Å²) in [4.78, 5) is 21.9. The average Bonchev–Trinajstić information content (AvgIpc) is 2.69. The third-order valence-electron chi connectivity index (χ3n) is 3.47. The first kappa shape index (κ1) is 14.8. The number of hydrogen-bond donors (Lipinski definition) is 0. The van der Waals surface area contributed by atoms with Crippen LogP contribution in [-0.4, -0.2) is 52.8 Å². The van der Waals surface area contributed by atoms with Gasteiger partial charge in [-0.25, -0.2) is 4.98 Å². The van der Waals surface area contributed by atoms with Crippen LogP contribution in [0.4, 0.5) is 0 Å². The fraction of sp³-hybridized carbons (Fsp3) is 0.692. The second kappa shape index (κ2) is 6.68. The van der Waals surface area contributed by atoms with E-state index in [0.717, 1.165) is 38.4 Å². The highest BCUT2D eigenvalue weighted by Gasteiger charge is 2.21. The summed E-state index contributed by atoms with van der Waals surface area (Å²) >= 11 is 7.38. The van der Waals surface area contributed by atoms with Crippen molar-refractivity contribution in [1.82, 2.24) is 14.8 Å².